The van der Waals surface area contributed by atoms with Gasteiger partial charge in [-0.1, -0.05) is 29.8 Å². The summed E-state index contributed by atoms with van der Waals surface area (Å²) in [4.78, 5) is 4.57. The van der Waals surface area contributed by atoms with E-state index >= 15 is 0 Å². The number of hydrogen-bond acceptors (Lipinski definition) is 4. The van der Waals surface area contributed by atoms with E-state index < -0.39 is 0 Å². The van der Waals surface area contributed by atoms with Crippen molar-refractivity contribution in [1.29, 1.82) is 0 Å². The van der Waals surface area contributed by atoms with Crippen molar-refractivity contribution in [2.75, 3.05) is 32.7 Å². The third-order valence-corrected chi connectivity index (χ3v) is 5.00. The van der Waals surface area contributed by atoms with E-state index in [1.807, 2.05) is 18.2 Å². The number of hydrogen-bond donors (Lipinski definition) is 2. The Hall–Kier alpha value is -2.00. The van der Waals surface area contributed by atoms with Gasteiger partial charge >= 0.3 is 0 Å². The second kappa shape index (κ2) is 11.3. The van der Waals surface area contributed by atoms with E-state index in [1.165, 1.54) is 11.1 Å². The Morgan fingerprint density at radius 2 is 1.86 bits per heavy atom. The van der Waals surface area contributed by atoms with Gasteiger partial charge in [0.15, 0.2) is 17.5 Å². The fraction of sp³-hybridized carbons (Fsp3) is 0.409. The molecule has 2 aromatic carbocycles. The number of aliphatic imine (C=N–C) groups is 1. The molecule has 158 valence electrons. The zero-order chi connectivity index (χ0) is 19.9. The van der Waals surface area contributed by atoms with Gasteiger partial charge in [-0.05, 0) is 37.5 Å². The van der Waals surface area contributed by atoms with Gasteiger partial charge in [-0.2, -0.15) is 0 Å². The molecule has 0 saturated carbocycles. The molecule has 29 heavy (non-hydrogen) atoms. The molecule has 7 heteroatoms. The molecule has 2 atom stereocenters. The van der Waals surface area contributed by atoms with Gasteiger partial charge in [0.25, 0.3) is 0 Å². The number of halogens is 1. The lowest BCUT2D eigenvalue weighted by atomic mass is 9.89. The Balaban J connectivity index is 0.00000300. The number of nitrogens with one attached hydrogen (secondary N) is 1. The monoisotopic (exact) mass is 511 g/mol. The molecule has 2 unspecified atom stereocenters. The van der Waals surface area contributed by atoms with Crippen LogP contribution in [0.2, 0.25) is 0 Å². The smallest absolute Gasteiger partial charge is 0.193 e. The van der Waals surface area contributed by atoms with Gasteiger partial charge in [-0.25, -0.2) is 0 Å². The van der Waals surface area contributed by atoms with Crippen LogP contribution in [0, 0.1) is 12.8 Å². The summed E-state index contributed by atoms with van der Waals surface area (Å²) >= 11 is 0. The molecule has 1 heterocycles. The van der Waals surface area contributed by atoms with E-state index in [4.69, 9.17) is 19.9 Å². The molecule has 2 aromatic rings. The van der Waals surface area contributed by atoms with E-state index in [1.54, 1.807) is 14.2 Å². The fourth-order valence-electron chi connectivity index (χ4n) is 3.47. The second-order valence-electron chi connectivity index (χ2n) is 7.03. The molecule has 0 bridgehead atoms. The van der Waals surface area contributed by atoms with Crippen LogP contribution < -0.4 is 20.5 Å². The van der Waals surface area contributed by atoms with E-state index in [0.29, 0.717) is 29.9 Å². The summed E-state index contributed by atoms with van der Waals surface area (Å²) in [7, 11) is 3.21. The van der Waals surface area contributed by atoms with Crippen LogP contribution in [-0.2, 0) is 4.74 Å². The van der Waals surface area contributed by atoms with Crippen molar-refractivity contribution in [2.24, 2.45) is 16.6 Å². The molecule has 0 radical (unpaired) electrons. The van der Waals surface area contributed by atoms with Crippen molar-refractivity contribution in [2.45, 2.75) is 25.9 Å². The van der Waals surface area contributed by atoms with Crippen LogP contribution in [0.4, 0.5) is 5.69 Å². The number of guanidine groups is 1. The van der Waals surface area contributed by atoms with Crippen LogP contribution >= 0.6 is 24.0 Å². The number of aryl methyl sites for hydroxylation is 1. The minimum Gasteiger partial charge on any atom is -0.493 e. The first-order valence-corrected chi connectivity index (χ1v) is 9.58. The molecule has 1 fully saturated rings. The number of benzene rings is 2. The van der Waals surface area contributed by atoms with Gasteiger partial charge in [0, 0.05) is 30.8 Å². The Labute approximate surface area is 189 Å². The maximum absolute atomic E-state index is 6.11. The molecule has 0 spiro atoms. The summed E-state index contributed by atoms with van der Waals surface area (Å²) in [5, 5.41) is 3.12. The Morgan fingerprint density at radius 3 is 2.55 bits per heavy atom. The zero-order valence-electron chi connectivity index (χ0n) is 17.2. The predicted molar refractivity (Wildman–Crippen MR) is 128 cm³/mol. The third-order valence-electron chi connectivity index (χ3n) is 5.00. The average Bonchev–Trinajstić information content (AvgIpc) is 2.73. The number of rotatable bonds is 6. The van der Waals surface area contributed by atoms with Crippen LogP contribution in [0.15, 0.2) is 47.5 Å². The quantitative estimate of drug-likeness (QED) is 0.339. The number of methoxy groups -OCH3 is 2. The van der Waals surface area contributed by atoms with Crippen LogP contribution in [0.25, 0.3) is 0 Å². The fourth-order valence-corrected chi connectivity index (χ4v) is 3.47. The van der Waals surface area contributed by atoms with Crippen molar-refractivity contribution < 1.29 is 14.2 Å². The molecule has 6 nitrogen and oxygen atoms in total. The molecule has 1 aliphatic rings. The Bertz CT molecular complexity index is 811. The maximum Gasteiger partial charge on any atom is 0.193 e. The summed E-state index contributed by atoms with van der Waals surface area (Å²) in [5.41, 5.74) is 9.37. The highest BCUT2D eigenvalue weighted by molar-refractivity contribution is 14.0. The summed E-state index contributed by atoms with van der Waals surface area (Å²) in [5.74, 6) is 1.99. The first-order valence-electron chi connectivity index (χ1n) is 9.58. The number of ether oxygens (including phenoxy) is 3. The minimum absolute atomic E-state index is 0. The number of nitrogens with zero attached hydrogens (tertiary/aromatic N) is 1. The highest BCUT2D eigenvalue weighted by Gasteiger charge is 2.27. The van der Waals surface area contributed by atoms with E-state index in [-0.39, 0.29) is 30.1 Å². The van der Waals surface area contributed by atoms with Crippen molar-refractivity contribution in [1.82, 2.24) is 0 Å². The molecular formula is C22H30IN3O3. The Morgan fingerprint density at radius 1 is 1.14 bits per heavy atom. The molecule has 0 amide bonds. The largest absolute Gasteiger partial charge is 0.493 e. The molecule has 0 aromatic heterocycles. The number of anilines is 1. The molecule has 1 saturated heterocycles. The van der Waals surface area contributed by atoms with Gasteiger partial charge in [0.1, 0.15) is 0 Å². The molecular weight excluding hydrogens is 481 g/mol. The Kier molecular flexibility index (Phi) is 9.03. The lowest BCUT2D eigenvalue weighted by molar-refractivity contribution is -0.0250. The van der Waals surface area contributed by atoms with Crippen LogP contribution in [0.1, 0.15) is 30.1 Å². The number of nitrogens with two attached hydrogens (primary N) is 1. The average molecular weight is 511 g/mol. The first kappa shape index (κ1) is 23.3. The van der Waals surface area contributed by atoms with Crippen molar-refractivity contribution in [3.8, 4) is 11.5 Å². The van der Waals surface area contributed by atoms with Crippen LogP contribution in [0.3, 0.4) is 0 Å². The van der Waals surface area contributed by atoms with Gasteiger partial charge < -0.3 is 25.3 Å². The molecule has 1 aliphatic heterocycles. The van der Waals surface area contributed by atoms with Gasteiger partial charge in [0.2, 0.25) is 0 Å². The predicted octanol–water partition coefficient (Wildman–Crippen LogP) is 4.52. The van der Waals surface area contributed by atoms with Gasteiger partial charge in [-0.3, -0.25) is 4.99 Å². The van der Waals surface area contributed by atoms with Crippen LogP contribution in [-0.4, -0.2) is 33.3 Å². The molecule has 3 rings (SSSR count). The summed E-state index contributed by atoms with van der Waals surface area (Å²) < 4.78 is 16.6. The van der Waals surface area contributed by atoms with Gasteiger partial charge in [-0.15, -0.1) is 24.0 Å². The zero-order valence-corrected chi connectivity index (χ0v) is 19.5. The summed E-state index contributed by atoms with van der Waals surface area (Å²) in [6, 6.07) is 14.1. The highest BCUT2D eigenvalue weighted by atomic mass is 127. The summed E-state index contributed by atoms with van der Waals surface area (Å²) in [6.45, 7) is 3.50. The maximum atomic E-state index is 6.11. The molecule has 3 N–H and O–H groups in total. The van der Waals surface area contributed by atoms with Gasteiger partial charge in [0.05, 0.1) is 20.3 Å². The highest BCUT2D eigenvalue weighted by Crippen LogP contribution is 2.34. The minimum atomic E-state index is 0. The first-order chi connectivity index (χ1) is 13.6. The van der Waals surface area contributed by atoms with Crippen molar-refractivity contribution in [3.05, 3.63) is 53.6 Å². The van der Waals surface area contributed by atoms with Crippen LogP contribution in [0.5, 0.6) is 11.5 Å². The topological polar surface area (TPSA) is 78.1 Å². The summed E-state index contributed by atoms with van der Waals surface area (Å²) in [6.07, 6.45) is 2.18. The standard InChI is InChI=1S/C22H29N3O3.HI/c1-15-6-8-16(9-7-15)21-17(5-4-12-28-21)14-24-22(23)25-18-10-11-19(26-2)20(13-18)27-3;/h6-11,13,17,21H,4-5,12,14H2,1-3H3,(H3,23,24,25);1H. The lowest BCUT2D eigenvalue weighted by Gasteiger charge is -2.31. The second-order valence-corrected chi connectivity index (χ2v) is 7.03. The van der Waals surface area contributed by atoms with E-state index in [0.717, 1.165) is 25.1 Å². The van der Waals surface area contributed by atoms with Crippen molar-refractivity contribution in [3.63, 3.8) is 0 Å². The van der Waals surface area contributed by atoms with E-state index in [9.17, 15) is 0 Å². The SMILES string of the molecule is COc1ccc(NC(N)=NCC2CCCOC2c2ccc(C)cc2)cc1OC.I. The third kappa shape index (κ3) is 6.24. The lowest BCUT2D eigenvalue weighted by Crippen LogP contribution is -2.28. The van der Waals surface area contributed by atoms with Crippen molar-refractivity contribution >= 4 is 35.6 Å². The van der Waals surface area contributed by atoms with E-state index in [2.05, 4.69) is 41.5 Å². The normalized spacial score (nSPS) is 19.2. The molecule has 0 aliphatic carbocycles.